The van der Waals surface area contributed by atoms with Gasteiger partial charge in [-0.2, -0.15) is 0 Å². The van der Waals surface area contributed by atoms with E-state index in [0.29, 0.717) is 24.9 Å². The Bertz CT molecular complexity index is 427. The summed E-state index contributed by atoms with van der Waals surface area (Å²) in [5, 5.41) is 12.6. The van der Waals surface area contributed by atoms with Gasteiger partial charge in [0.05, 0.1) is 6.20 Å². The molecule has 0 saturated heterocycles. The molecule has 0 radical (unpaired) electrons. The number of carboxylic acids is 1. The summed E-state index contributed by atoms with van der Waals surface area (Å²) in [5.74, 6) is -1.54. The van der Waals surface area contributed by atoms with Crippen LogP contribution < -0.4 is 33.1 Å². The number of carbonyl (C=O) groups is 2. The summed E-state index contributed by atoms with van der Waals surface area (Å²) in [6, 6.07) is 0.650. The van der Waals surface area contributed by atoms with E-state index in [-0.39, 0.29) is 17.0 Å². The van der Waals surface area contributed by atoms with E-state index in [2.05, 4.69) is 5.10 Å². The van der Waals surface area contributed by atoms with Crippen molar-refractivity contribution in [1.82, 2.24) is 5.10 Å². The van der Waals surface area contributed by atoms with Crippen molar-refractivity contribution in [3.05, 3.63) is 24.0 Å². The van der Waals surface area contributed by atoms with Crippen LogP contribution in [-0.4, -0.2) is 28.1 Å². The number of nitrogens with zero attached hydrogens (tertiary/aromatic N) is 2. The molecule has 0 aliphatic rings. The highest BCUT2D eigenvalue weighted by atomic mass is 79.9. The molecule has 0 unspecified atom stereocenters. The van der Waals surface area contributed by atoms with E-state index in [1.807, 2.05) is 0 Å². The highest BCUT2D eigenvalue weighted by Gasteiger charge is 2.13. The van der Waals surface area contributed by atoms with E-state index in [1.165, 1.54) is 23.1 Å². The minimum absolute atomic E-state index is 0. The van der Waals surface area contributed by atoms with Crippen molar-refractivity contribution in [2.75, 3.05) is 0 Å². The third-order valence-corrected chi connectivity index (χ3v) is 2.26. The van der Waals surface area contributed by atoms with Crippen LogP contribution in [0.5, 0.6) is 0 Å². The zero-order valence-electron chi connectivity index (χ0n) is 9.62. The zero-order valence-corrected chi connectivity index (χ0v) is 11.2. The topological polar surface area (TPSA) is 123 Å². The molecule has 0 aliphatic carbocycles. The van der Waals surface area contributed by atoms with Crippen LogP contribution in [0.15, 0.2) is 18.5 Å². The molecule has 18 heavy (non-hydrogen) atoms. The van der Waals surface area contributed by atoms with E-state index < -0.39 is 17.9 Å². The Morgan fingerprint density at radius 2 is 2.17 bits per heavy atom. The molecular formula is C10H15BrN4O3. The number of halogens is 1. The van der Waals surface area contributed by atoms with Gasteiger partial charge in [0, 0.05) is 6.42 Å². The molecule has 5 N–H and O–H groups in total. The first-order chi connectivity index (χ1) is 8.00. The number of nitrogens with two attached hydrogens (primary N) is 2. The number of amides is 1. The predicted octanol–water partition coefficient (Wildman–Crippen LogP) is -4.34. The van der Waals surface area contributed by atoms with E-state index in [4.69, 9.17) is 16.6 Å². The largest absolute Gasteiger partial charge is 1.00 e. The van der Waals surface area contributed by atoms with E-state index in [0.717, 1.165) is 0 Å². The third-order valence-electron chi connectivity index (χ3n) is 2.26. The van der Waals surface area contributed by atoms with Crippen LogP contribution in [0.3, 0.4) is 0 Å². The first-order valence-electron chi connectivity index (χ1n) is 5.14. The summed E-state index contributed by atoms with van der Waals surface area (Å²) in [6.45, 7) is 0.488. The summed E-state index contributed by atoms with van der Waals surface area (Å²) >= 11 is 0. The van der Waals surface area contributed by atoms with Crippen molar-refractivity contribution in [2.45, 2.75) is 25.4 Å². The first-order valence-corrected chi connectivity index (χ1v) is 5.14. The van der Waals surface area contributed by atoms with Crippen LogP contribution in [-0.2, 0) is 11.3 Å². The third kappa shape index (κ3) is 5.19. The van der Waals surface area contributed by atoms with Crippen molar-refractivity contribution in [3.8, 4) is 0 Å². The molecule has 1 amide bonds. The summed E-state index contributed by atoms with van der Waals surface area (Å²) in [4.78, 5) is 21.4. The second kappa shape index (κ2) is 7.72. The van der Waals surface area contributed by atoms with Gasteiger partial charge in [-0.3, -0.25) is 9.59 Å². The highest BCUT2D eigenvalue weighted by Crippen LogP contribution is 1.95. The van der Waals surface area contributed by atoms with Crippen molar-refractivity contribution in [1.29, 1.82) is 0 Å². The second-order valence-corrected chi connectivity index (χ2v) is 3.63. The van der Waals surface area contributed by atoms with Gasteiger partial charge in [0.25, 0.3) is 5.91 Å². The van der Waals surface area contributed by atoms with Crippen molar-refractivity contribution < 1.29 is 36.4 Å². The maximum Gasteiger partial charge on any atom is 0.320 e. The molecule has 0 aliphatic heterocycles. The number of carbonyl (C=O) groups excluding carboxylic acids is 1. The SMILES string of the molecule is NC(=O)c1ccn[n+](CCC[C@H](N)C(=O)O)c1.[Br-]. The molecule has 1 atom stereocenters. The first kappa shape index (κ1) is 16.5. The number of hydrogen-bond donors (Lipinski definition) is 3. The summed E-state index contributed by atoms with van der Waals surface area (Å²) in [6.07, 6.45) is 3.91. The van der Waals surface area contributed by atoms with Gasteiger partial charge in [-0.1, -0.05) is 4.68 Å². The van der Waals surface area contributed by atoms with Crippen molar-refractivity contribution >= 4 is 11.9 Å². The fourth-order valence-corrected chi connectivity index (χ4v) is 1.30. The summed E-state index contributed by atoms with van der Waals surface area (Å²) < 4.78 is 1.54. The lowest BCUT2D eigenvalue weighted by atomic mass is 10.2. The lowest BCUT2D eigenvalue weighted by molar-refractivity contribution is -0.754. The molecule has 0 fully saturated rings. The molecule has 1 aromatic heterocycles. The van der Waals surface area contributed by atoms with E-state index in [9.17, 15) is 9.59 Å². The quantitative estimate of drug-likeness (QED) is 0.458. The number of aryl methyl sites for hydroxylation is 1. The van der Waals surface area contributed by atoms with Gasteiger partial charge in [-0.25, -0.2) is 0 Å². The molecule has 1 aromatic rings. The van der Waals surface area contributed by atoms with Gasteiger partial charge in [-0.15, -0.1) is 0 Å². The Balaban J connectivity index is 0.00000289. The minimum atomic E-state index is -1.02. The second-order valence-electron chi connectivity index (χ2n) is 3.63. The van der Waals surface area contributed by atoms with Gasteiger partial charge in [-0.05, 0) is 17.6 Å². The zero-order chi connectivity index (χ0) is 12.8. The maximum absolute atomic E-state index is 10.9. The van der Waals surface area contributed by atoms with Gasteiger partial charge in [0.1, 0.15) is 11.6 Å². The molecule has 8 heteroatoms. The number of aliphatic carboxylic acids is 1. The smallest absolute Gasteiger partial charge is 0.320 e. The van der Waals surface area contributed by atoms with Crippen LogP contribution in [0.1, 0.15) is 23.2 Å². The number of hydrogen-bond acceptors (Lipinski definition) is 4. The molecule has 1 heterocycles. The maximum atomic E-state index is 10.9. The Hall–Kier alpha value is -1.54. The lowest BCUT2D eigenvalue weighted by Gasteiger charge is -2.03. The summed E-state index contributed by atoms with van der Waals surface area (Å²) in [5.41, 5.74) is 10.8. The molecule has 0 saturated carbocycles. The monoisotopic (exact) mass is 318 g/mol. The van der Waals surface area contributed by atoms with Crippen molar-refractivity contribution in [2.24, 2.45) is 11.5 Å². The standard InChI is InChI=1S/C10H14N4O3.BrH/c11-8(10(16)17)2-1-5-14-6-7(9(12)15)3-4-13-14;/h3-4,6,8H,1-2,5,11H2,(H2-,12,15,16,17);1H/t8-;/m0./s1. The Morgan fingerprint density at radius 1 is 1.50 bits per heavy atom. The lowest BCUT2D eigenvalue weighted by Crippen LogP contribution is -3.00. The molecule has 0 aromatic carbocycles. The molecule has 0 spiro atoms. The molecule has 1 rings (SSSR count). The highest BCUT2D eigenvalue weighted by molar-refractivity contribution is 5.91. The number of rotatable bonds is 6. The predicted molar refractivity (Wildman–Crippen MR) is 57.8 cm³/mol. The van der Waals surface area contributed by atoms with Crippen LogP contribution >= 0.6 is 0 Å². The Kier molecular flexibility index (Phi) is 7.06. The van der Waals surface area contributed by atoms with Crippen LogP contribution in [0.2, 0.25) is 0 Å². The van der Waals surface area contributed by atoms with E-state index in [1.54, 1.807) is 0 Å². The van der Waals surface area contributed by atoms with Crippen molar-refractivity contribution in [3.63, 3.8) is 0 Å². The number of carboxylic acid groups (broad SMARTS) is 1. The van der Waals surface area contributed by atoms with Crippen LogP contribution in [0.4, 0.5) is 0 Å². The Morgan fingerprint density at radius 3 is 2.72 bits per heavy atom. The fourth-order valence-electron chi connectivity index (χ4n) is 1.30. The van der Waals surface area contributed by atoms with Crippen LogP contribution in [0.25, 0.3) is 0 Å². The van der Waals surface area contributed by atoms with Gasteiger partial charge in [0.15, 0.2) is 6.54 Å². The average molecular weight is 319 g/mol. The minimum Gasteiger partial charge on any atom is -1.00 e. The van der Waals surface area contributed by atoms with Gasteiger partial charge < -0.3 is 33.6 Å². The number of primary amides is 1. The number of aromatic nitrogens is 2. The normalized spacial score (nSPS) is 11.4. The molecule has 100 valence electrons. The molecular weight excluding hydrogens is 304 g/mol. The van der Waals surface area contributed by atoms with E-state index >= 15 is 0 Å². The van der Waals surface area contributed by atoms with Gasteiger partial charge >= 0.3 is 5.97 Å². The fraction of sp³-hybridized carbons (Fsp3) is 0.400. The Labute approximate surface area is 115 Å². The van der Waals surface area contributed by atoms with Crippen LogP contribution in [0, 0.1) is 0 Å². The summed E-state index contributed by atoms with van der Waals surface area (Å²) in [7, 11) is 0. The molecule has 0 bridgehead atoms. The van der Waals surface area contributed by atoms with Gasteiger partial charge in [0.2, 0.25) is 6.20 Å². The molecule has 7 nitrogen and oxygen atoms in total. The average Bonchev–Trinajstić information content (AvgIpc) is 2.29.